The molecule has 1 aromatic heterocycles. The first-order chi connectivity index (χ1) is 15.2. The van der Waals surface area contributed by atoms with Crippen LogP contribution in [-0.2, 0) is 19.6 Å². The Hall–Kier alpha value is -3.05. The molecule has 0 amide bonds. The van der Waals surface area contributed by atoms with Gasteiger partial charge in [-0.05, 0) is 64.3 Å². The van der Waals surface area contributed by atoms with Gasteiger partial charge in [0.15, 0.2) is 0 Å². The van der Waals surface area contributed by atoms with E-state index < -0.39 is 5.97 Å². The van der Waals surface area contributed by atoms with Gasteiger partial charge in [0.05, 0.1) is 12.2 Å². The molecule has 3 rings (SSSR count). The minimum Gasteiger partial charge on any atom is -0.494 e. The zero-order chi connectivity index (χ0) is 23.4. The number of aryl methyl sites for hydroxylation is 3. The SMILES string of the molecule is CCOc1ccccc1CNCc1c(C(=O)O)c(C)n(Cc2c(C)cc(C)cc2C)c1C. The number of hydrogen-bond donors (Lipinski definition) is 2. The Bertz CT molecular complexity index is 1110. The summed E-state index contributed by atoms with van der Waals surface area (Å²) in [5, 5.41) is 13.4. The number of aromatic nitrogens is 1. The fraction of sp³-hybridized carbons (Fsp3) is 0.370. The van der Waals surface area contributed by atoms with Crippen LogP contribution in [0.1, 0.15) is 62.1 Å². The van der Waals surface area contributed by atoms with Gasteiger partial charge in [0.25, 0.3) is 0 Å². The third-order valence-corrected chi connectivity index (χ3v) is 6.17. The molecular weight excluding hydrogens is 400 g/mol. The third-order valence-electron chi connectivity index (χ3n) is 6.17. The van der Waals surface area contributed by atoms with Crippen molar-refractivity contribution in [1.29, 1.82) is 0 Å². The number of nitrogens with one attached hydrogen (secondary N) is 1. The topological polar surface area (TPSA) is 63.5 Å². The summed E-state index contributed by atoms with van der Waals surface area (Å²) in [6, 6.07) is 12.3. The maximum Gasteiger partial charge on any atom is 0.337 e. The second kappa shape index (κ2) is 10.0. The second-order valence-electron chi connectivity index (χ2n) is 8.44. The zero-order valence-electron chi connectivity index (χ0n) is 20.0. The number of carboxylic acid groups (broad SMARTS) is 1. The van der Waals surface area contributed by atoms with E-state index in [1.165, 1.54) is 22.3 Å². The number of benzene rings is 2. The fourth-order valence-corrected chi connectivity index (χ4v) is 4.57. The molecule has 0 aliphatic rings. The Morgan fingerprint density at radius 1 is 0.969 bits per heavy atom. The smallest absolute Gasteiger partial charge is 0.337 e. The number of carbonyl (C=O) groups is 1. The highest BCUT2D eigenvalue weighted by molar-refractivity contribution is 5.91. The summed E-state index contributed by atoms with van der Waals surface area (Å²) < 4.78 is 7.85. The number of ether oxygens (including phenoxy) is 1. The molecule has 170 valence electrons. The van der Waals surface area contributed by atoms with Crippen LogP contribution in [0.5, 0.6) is 5.75 Å². The van der Waals surface area contributed by atoms with E-state index in [-0.39, 0.29) is 0 Å². The molecule has 1 heterocycles. The Kier molecular flexibility index (Phi) is 7.41. The van der Waals surface area contributed by atoms with Crippen molar-refractivity contribution in [3.63, 3.8) is 0 Å². The van der Waals surface area contributed by atoms with Gasteiger partial charge < -0.3 is 19.7 Å². The summed E-state index contributed by atoms with van der Waals surface area (Å²) in [6.07, 6.45) is 0. The standard InChI is InChI=1S/C27H34N2O3/c1-7-32-25-11-9-8-10-22(25)14-28-15-23-20(5)29(21(6)26(23)27(30)31)16-24-18(3)12-17(2)13-19(24)4/h8-13,28H,7,14-16H2,1-6H3,(H,30,31). The average Bonchev–Trinajstić information content (AvgIpc) is 2.96. The maximum atomic E-state index is 12.2. The largest absolute Gasteiger partial charge is 0.494 e. The number of para-hydroxylation sites is 1. The summed E-state index contributed by atoms with van der Waals surface area (Å²) in [7, 11) is 0. The van der Waals surface area contributed by atoms with Gasteiger partial charge >= 0.3 is 5.97 Å². The Morgan fingerprint density at radius 2 is 1.62 bits per heavy atom. The van der Waals surface area contributed by atoms with E-state index in [1.807, 2.05) is 45.0 Å². The molecule has 3 aromatic rings. The highest BCUT2D eigenvalue weighted by Gasteiger charge is 2.23. The van der Waals surface area contributed by atoms with Gasteiger partial charge in [-0.25, -0.2) is 4.79 Å². The molecule has 0 saturated heterocycles. The molecule has 0 atom stereocenters. The molecule has 0 saturated carbocycles. The predicted molar refractivity (Wildman–Crippen MR) is 129 cm³/mol. The Balaban J connectivity index is 1.88. The van der Waals surface area contributed by atoms with Gasteiger partial charge in [0.1, 0.15) is 5.75 Å². The predicted octanol–water partition coefficient (Wildman–Crippen LogP) is 5.47. The number of aromatic carboxylic acids is 1. The highest BCUT2D eigenvalue weighted by Crippen LogP contribution is 2.26. The molecule has 0 unspecified atom stereocenters. The minimum atomic E-state index is -0.881. The van der Waals surface area contributed by atoms with Crippen LogP contribution in [0.15, 0.2) is 36.4 Å². The van der Waals surface area contributed by atoms with Crippen LogP contribution in [0, 0.1) is 34.6 Å². The lowest BCUT2D eigenvalue weighted by Gasteiger charge is -2.16. The molecule has 2 aromatic carbocycles. The summed E-state index contributed by atoms with van der Waals surface area (Å²) in [5.41, 5.74) is 9.05. The van der Waals surface area contributed by atoms with E-state index in [9.17, 15) is 9.90 Å². The third kappa shape index (κ3) is 4.89. The van der Waals surface area contributed by atoms with Crippen LogP contribution in [0.25, 0.3) is 0 Å². The summed E-state index contributed by atoms with van der Waals surface area (Å²) >= 11 is 0. The Morgan fingerprint density at radius 3 is 2.25 bits per heavy atom. The summed E-state index contributed by atoms with van der Waals surface area (Å²) in [6.45, 7) is 14.6. The van der Waals surface area contributed by atoms with E-state index in [4.69, 9.17) is 4.74 Å². The first kappa shape index (κ1) is 23.6. The monoisotopic (exact) mass is 434 g/mol. The van der Waals surface area contributed by atoms with E-state index in [0.717, 1.165) is 28.3 Å². The zero-order valence-corrected chi connectivity index (χ0v) is 20.0. The quantitative estimate of drug-likeness (QED) is 0.469. The molecule has 0 fully saturated rings. The van der Waals surface area contributed by atoms with Crippen LogP contribution in [-0.4, -0.2) is 22.2 Å². The van der Waals surface area contributed by atoms with Crippen molar-refractivity contribution in [2.45, 2.75) is 61.2 Å². The summed E-state index contributed by atoms with van der Waals surface area (Å²) in [4.78, 5) is 12.2. The maximum absolute atomic E-state index is 12.2. The molecule has 5 nitrogen and oxygen atoms in total. The number of carboxylic acids is 1. The van der Waals surface area contributed by atoms with Crippen molar-refractivity contribution in [2.24, 2.45) is 0 Å². The number of hydrogen-bond acceptors (Lipinski definition) is 3. The van der Waals surface area contributed by atoms with Gasteiger partial charge in [-0.1, -0.05) is 35.9 Å². The van der Waals surface area contributed by atoms with Crippen LogP contribution in [0.4, 0.5) is 0 Å². The molecular formula is C27H34N2O3. The first-order valence-corrected chi connectivity index (χ1v) is 11.1. The Labute approximate surface area is 191 Å². The molecule has 5 heteroatoms. The van der Waals surface area contributed by atoms with Crippen LogP contribution >= 0.6 is 0 Å². The van der Waals surface area contributed by atoms with Gasteiger partial charge in [0.2, 0.25) is 0 Å². The molecule has 0 aliphatic heterocycles. The molecule has 0 radical (unpaired) electrons. The lowest BCUT2D eigenvalue weighted by atomic mass is 9.99. The molecule has 0 aliphatic carbocycles. The van der Waals surface area contributed by atoms with Crippen molar-refractivity contribution in [3.05, 3.63) is 86.7 Å². The van der Waals surface area contributed by atoms with Crippen molar-refractivity contribution < 1.29 is 14.6 Å². The second-order valence-corrected chi connectivity index (χ2v) is 8.44. The molecule has 0 bridgehead atoms. The molecule has 32 heavy (non-hydrogen) atoms. The lowest BCUT2D eigenvalue weighted by molar-refractivity contribution is 0.0694. The van der Waals surface area contributed by atoms with Crippen LogP contribution in [0.3, 0.4) is 0 Å². The van der Waals surface area contributed by atoms with E-state index in [2.05, 4.69) is 42.8 Å². The van der Waals surface area contributed by atoms with Gasteiger partial charge in [-0.15, -0.1) is 0 Å². The van der Waals surface area contributed by atoms with E-state index in [0.29, 0.717) is 31.8 Å². The molecule has 2 N–H and O–H groups in total. The van der Waals surface area contributed by atoms with Crippen LogP contribution in [0.2, 0.25) is 0 Å². The average molecular weight is 435 g/mol. The van der Waals surface area contributed by atoms with Crippen LogP contribution < -0.4 is 10.1 Å². The first-order valence-electron chi connectivity index (χ1n) is 11.1. The van der Waals surface area contributed by atoms with E-state index in [1.54, 1.807) is 0 Å². The van der Waals surface area contributed by atoms with Crippen molar-refractivity contribution >= 4 is 5.97 Å². The normalized spacial score (nSPS) is 11.1. The van der Waals surface area contributed by atoms with Crippen molar-refractivity contribution in [2.75, 3.05) is 6.61 Å². The van der Waals surface area contributed by atoms with E-state index >= 15 is 0 Å². The lowest BCUT2D eigenvalue weighted by Crippen LogP contribution is -2.16. The fourth-order valence-electron chi connectivity index (χ4n) is 4.57. The minimum absolute atomic E-state index is 0.399. The van der Waals surface area contributed by atoms with Gasteiger partial charge in [0, 0.05) is 42.1 Å². The number of rotatable bonds is 9. The highest BCUT2D eigenvalue weighted by atomic mass is 16.5. The van der Waals surface area contributed by atoms with Crippen molar-refractivity contribution in [3.8, 4) is 5.75 Å². The van der Waals surface area contributed by atoms with Crippen molar-refractivity contribution in [1.82, 2.24) is 9.88 Å². The van der Waals surface area contributed by atoms with Gasteiger partial charge in [-0.2, -0.15) is 0 Å². The molecule has 0 spiro atoms. The van der Waals surface area contributed by atoms with Gasteiger partial charge in [-0.3, -0.25) is 0 Å². The number of nitrogens with zero attached hydrogens (tertiary/aromatic N) is 1. The summed E-state index contributed by atoms with van der Waals surface area (Å²) in [5.74, 6) is -0.0232.